The number of hydrogen-bond acceptors (Lipinski definition) is 5. The predicted octanol–water partition coefficient (Wildman–Crippen LogP) is 6.76. The molecule has 4 saturated carbocycles. The first-order valence-corrected chi connectivity index (χ1v) is 14.8. The zero-order valence-corrected chi connectivity index (χ0v) is 23.6. The van der Waals surface area contributed by atoms with E-state index >= 15 is 0 Å². The lowest BCUT2D eigenvalue weighted by atomic mass is 9.41. The highest BCUT2D eigenvalue weighted by Gasteiger charge is 2.66. The van der Waals surface area contributed by atoms with Crippen LogP contribution in [0.1, 0.15) is 112 Å². The molecule has 0 aromatic heterocycles. The summed E-state index contributed by atoms with van der Waals surface area (Å²) in [6.45, 7) is 12.8. The van der Waals surface area contributed by atoms with Gasteiger partial charge in [-0.1, -0.05) is 34.1 Å². The third-order valence-electron chi connectivity index (χ3n) is 11.7. The Morgan fingerprint density at radius 2 is 1.61 bits per heavy atom. The largest absolute Gasteiger partial charge is 0.463 e. The van der Waals surface area contributed by atoms with Crippen LogP contribution in [0.15, 0.2) is 0 Å². The minimum absolute atomic E-state index is 0.0129. The predicted molar refractivity (Wildman–Crippen MR) is 140 cm³/mol. The molecule has 0 saturated heterocycles. The summed E-state index contributed by atoms with van der Waals surface area (Å²) >= 11 is 0. The maximum atomic E-state index is 12.5. The molecule has 4 aliphatic rings. The fourth-order valence-corrected chi connectivity index (χ4v) is 10.3. The van der Waals surface area contributed by atoms with E-state index in [0.717, 1.165) is 44.8 Å². The topological polar surface area (TPSA) is 69.7 Å². The minimum Gasteiger partial charge on any atom is -0.463 e. The van der Waals surface area contributed by atoms with Gasteiger partial charge in [0.15, 0.2) is 0 Å². The molecule has 4 aliphatic carbocycles. The number of aldehydes is 1. The lowest BCUT2D eigenvalue weighted by Gasteiger charge is -2.65. The summed E-state index contributed by atoms with van der Waals surface area (Å²) in [7, 11) is 0. The van der Waals surface area contributed by atoms with Gasteiger partial charge in [-0.25, -0.2) is 0 Å². The Labute approximate surface area is 218 Å². The van der Waals surface area contributed by atoms with Crippen molar-refractivity contribution in [2.75, 3.05) is 0 Å². The van der Waals surface area contributed by atoms with E-state index < -0.39 is 0 Å². The van der Waals surface area contributed by atoms with Gasteiger partial charge >= 0.3 is 11.9 Å². The molecule has 204 valence electrons. The van der Waals surface area contributed by atoms with Crippen LogP contribution in [0.2, 0.25) is 0 Å². The fourth-order valence-electron chi connectivity index (χ4n) is 10.3. The average molecular weight is 503 g/mol. The van der Waals surface area contributed by atoms with Crippen LogP contribution in [0.3, 0.4) is 0 Å². The second kappa shape index (κ2) is 10.8. The van der Waals surface area contributed by atoms with E-state index in [0.29, 0.717) is 47.8 Å². The summed E-state index contributed by atoms with van der Waals surface area (Å²) in [5.41, 5.74) is 0.476. The van der Waals surface area contributed by atoms with E-state index in [1.165, 1.54) is 32.6 Å². The summed E-state index contributed by atoms with van der Waals surface area (Å²) < 4.78 is 12.0. The number of carbonyl (C=O) groups is 3. The second-order valence-corrected chi connectivity index (χ2v) is 13.4. The summed E-state index contributed by atoms with van der Waals surface area (Å²) in [5.74, 6) is 3.23. The zero-order valence-electron chi connectivity index (χ0n) is 23.6. The third-order valence-corrected chi connectivity index (χ3v) is 11.7. The van der Waals surface area contributed by atoms with Gasteiger partial charge in [0.2, 0.25) is 0 Å². The lowest BCUT2D eigenvalue weighted by Crippen LogP contribution is -2.63. The molecule has 0 radical (unpaired) electrons. The van der Waals surface area contributed by atoms with E-state index in [4.69, 9.17) is 9.47 Å². The number of carbonyl (C=O) groups excluding carboxylic acids is 3. The molecule has 0 aliphatic heterocycles. The summed E-state index contributed by atoms with van der Waals surface area (Å²) in [5, 5.41) is 0. The van der Waals surface area contributed by atoms with Gasteiger partial charge in [0, 0.05) is 26.2 Å². The highest BCUT2D eigenvalue weighted by Crippen LogP contribution is 2.70. The first kappa shape index (κ1) is 27.6. The molecule has 0 aromatic rings. The molecule has 4 unspecified atom stereocenters. The third kappa shape index (κ3) is 4.77. The van der Waals surface area contributed by atoms with Crippen molar-refractivity contribution in [2.24, 2.45) is 52.3 Å². The Balaban J connectivity index is 1.66. The molecule has 4 rings (SSSR count). The smallest absolute Gasteiger partial charge is 0.302 e. The number of esters is 2. The Hall–Kier alpha value is -1.39. The molecule has 36 heavy (non-hydrogen) atoms. The van der Waals surface area contributed by atoms with Crippen molar-refractivity contribution in [3.63, 3.8) is 0 Å². The molecule has 0 heterocycles. The molecule has 11 atom stereocenters. The van der Waals surface area contributed by atoms with E-state index in [1.54, 1.807) is 6.92 Å². The standard InChI is InChI=1S/C31H50O5/c1-7-23-27-18-22(35-20(3)33)13-15-31(27,6)26-14-16-30(5)24(19(2)10-8-9-17-32)11-12-25(30)28(26)29(23)36-21(4)34/h17,19,22-29H,7-16,18H2,1-6H3/t19-,22-,23-,24?,25+,26+,27?,28+,29-,30?,31?/m1/s1. The van der Waals surface area contributed by atoms with Crippen molar-refractivity contribution >= 4 is 18.2 Å². The first-order chi connectivity index (χ1) is 17.1. The SMILES string of the molecule is CC[C@@H]1C2C[C@H](OC(C)=O)CCC2(C)[C@H]2CCC3(C)C([C@H](C)CCCC=O)CC[C@H]3[C@@H]2[C@@H]1OC(C)=O. The average Bonchev–Trinajstić information content (AvgIpc) is 3.16. The van der Waals surface area contributed by atoms with Crippen LogP contribution >= 0.6 is 0 Å². The van der Waals surface area contributed by atoms with Crippen LogP contribution in [0.4, 0.5) is 0 Å². The van der Waals surface area contributed by atoms with Gasteiger partial charge in [-0.3, -0.25) is 9.59 Å². The van der Waals surface area contributed by atoms with Crippen LogP contribution in [0.5, 0.6) is 0 Å². The van der Waals surface area contributed by atoms with E-state index in [1.807, 2.05) is 0 Å². The quantitative estimate of drug-likeness (QED) is 0.208. The summed E-state index contributed by atoms with van der Waals surface area (Å²) in [4.78, 5) is 35.1. The van der Waals surface area contributed by atoms with Gasteiger partial charge in [-0.15, -0.1) is 0 Å². The molecule has 4 fully saturated rings. The highest BCUT2D eigenvalue weighted by atomic mass is 16.5. The molecule has 0 spiro atoms. The second-order valence-electron chi connectivity index (χ2n) is 13.4. The molecule has 0 aromatic carbocycles. The van der Waals surface area contributed by atoms with Gasteiger partial charge in [0.05, 0.1) is 0 Å². The molecular weight excluding hydrogens is 452 g/mol. The number of ether oxygens (including phenoxy) is 2. The van der Waals surface area contributed by atoms with Gasteiger partial charge in [0.25, 0.3) is 0 Å². The van der Waals surface area contributed by atoms with Crippen molar-refractivity contribution < 1.29 is 23.9 Å². The van der Waals surface area contributed by atoms with Crippen molar-refractivity contribution in [3.8, 4) is 0 Å². The van der Waals surface area contributed by atoms with Crippen molar-refractivity contribution in [3.05, 3.63) is 0 Å². The number of rotatable bonds is 8. The molecule has 5 heteroatoms. The van der Waals surface area contributed by atoms with E-state index in [2.05, 4.69) is 27.7 Å². The van der Waals surface area contributed by atoms with Crippen LogP contribution < -0.4 is 0 Å². The summed E-state index contributed by atoms with van der Waals surface area (Å²) in [6.07, 6.45) is 12.7. The minimum atomic E-state index is -0.186. The molecule has 0 amide bonds. The number of hydrogen-bond donors (Lipinski definition) is 0. The molecule has 0 N–H and O–H groups in total. The number of fused-ring (bicyclic) bond motifs is 5. The maximum Gasteiger partial charge on any atom is 0.302 e. The monoisotopic (exact) mass is 502 g/mol. The Bertz CT molecular complexity index is 824. The van der Waals surface area contributed by atoms with Gasteiger partial charge in [0.1, 0.15) is 18.5 Å². The molecule has 0 bridgehead atoms. The Morgan fingerprint density at radius 1 is 0.944 bits per heavy atom. The molecule has 5 nitrogen and oxygen atoms in total. The van der Waals surface area contributed by atoms with Crippen LogP contribution in [-0.4, -0.2) is 30.4 Å². The Morgan fingerprint density at radius 3 is 2.25 bits per heavy atom. The maximum absolute atomic E-state index is 12.5. The van der Waals surface area contributed by atoms with Gasteiger partial charge in [-0.05, 0) is 104 Å². The zero-order chi connectivity index (χ0) is 26.3. The summed E-state index contributed by atoms with van der Waals surface area (Å²) in [6, 6.07) is 0. The van der Waals surface area contributed by atoms with E-state index in [9.17, 15) is 14.4 Å². The fraction of sp³-hybridized carbons (Fsp3) is 0.903. The van der Waals surface area contributed by atoms with Crippen molar-refractivity contribution in [1.29, 1.82) is 0 Å². The van der Waals surface area contributed by atoms with Crippen LogP contribution in [0.25, 0.3) is 0 Å². The van der Waals surface area contributed by atoms with Crippen LogP contribution in [-0.2, 0) is 23.9 Å². The van der Waals surface area contributed by atoms with Gasteiger partial charge in [-0.2, -0.15) is 0 Å². The van der Waals surface area contributed by atoms with Crippen molar-refractivity contribution in [2.45, 2.75) is 124 Å². The lowest BCUT2D eigenvalue weighted by molar-refractivity contribution is -0.219. The number of unbranched alkanes of at least 4 members (excludes halogenated alkanes) is 1. The highest BCUT2D eigenvalue weighted by molar-refractivity contribution is 5.66. The van der Waals surface area contributed by atoms with Crippen LogP contribution in [0, 0.1) is 52.3 Å². The Kier molecular flexibility index (Phi) is 8.27. The van der Waals surface area contributed by atoms with Crippen molar-refractivity contribution in [1.82, 2.24) is 0 Å². The van der Waals surface area contributed by atoms with Gasteiger partial charge < -0.3 is 14.3 Å². The molecular formula is C31H50O5. The van der Waals surface area contributed by atoms with E-state index in [-0.39, 0.29) is 35.0 Å². The normalized spacial score (nSPS) is 44.5. The first-order valence-electron chi connectivity index (χ1n) is 14.8.